The molecule has 2 rings (SSSR count). The highest BCUT2D eigenvalue weighted by Gasteiger charge is 2.35. The molecule has 1 unspecified atom stereocenters. The van der Waals surface area contributed by atoms with Gasteiger partial charge < -0.3 is 0 Å². The number of carbonyl (C=O) groups is 1. The van der Waals surface area contributed by atoms with E-state index in [2.05, 4.69) is 0 Å². The first-order valence-electron chi connectivity index (χ1n) is 4.95. The molecule has 1 aliphatic carbocycles. The van der Waals surface area contributed by atoms with E-state index in [9.17, 15) is 4.79 Å². The van der Waals surface area contributed by atoms with Gasteiger partial charge in [0.25, 0.3) is 0 Å². The standard InChI is InChI=1S/C13H10Cl2O/c14-11-7-4-8-13(15,9-11)12(16)10-5-2-1-3-6-10/h1-7,9H,8H2. The molecule has 0 radical (unpaired) electrons. The molecular weight excluding hydrogens is 243 g/mol. The minimum atomic E-state index is -1.03. The zero-order valence-corrected chi connectivity index (χ0v) is 10.0. The van der Waals surface area contributed by atoms with Crippen LogP contribution in [-0.4, -0.2) is 10.7 Å². The molecule has 1 aliphatic rings. The lowest BCUT2D eigenvalue weighted by Crippen LogP contribution is -2.31. The summed E-state index contributed by atoms with van der Waals surface area (Å²) in [6, 6.07) is 9.01. The average molecular weight is 253 g/mol. The Bertz CT molecular complexity index is 462. The molecule has 82 valence electrons. The van der Waals surface area contributed by atoms with Gasteiger partial charge >= 0.3 is 0 Å². The van der Waals surface area contributed by atoms with Crippen molar-refractivity contribution >= 4 is 29.0 Å². The van der Waals surface area contributed by atoms with Crippen molar-refractivity contribution in [3.05, 3.63) is 59.2 Å². The lowest BCUT2D eigenvalue weighted by molar-refractivity contribution is 0.0959. The van der Waals surface area contributed by atoms with Gasteiger partial charge in [-0.25, -0.2) is 0 Å². The van der Waals surface area contributed by atoms with Crippen molar-refractivity contribution in [2.24, 2.45) is 0 Å². The Hall–Kier alpha value is -1.05. The Kier molecular flexibility index (Phi) is 3.17. The topological polar surface area (TPSA) is 17.1 Å². The smallest absolute Gasteiger partial charge is 0.187 e. The van der Waals surface area contributed by atoms with Gasteiger partial charge in [0.1, 0.15) is 4.87 Å². The number of ketones is 1. The molecule has 0 heterocycles. The van der Waals surface area contributed by atoms with E-state index < -0.39 is 4.87 Å². The summed E-state index contributed by atoms with van der Waals surface area (Å²) in [5.74, 6) is -0.114. The van der Waals surface area contributed by atoms with Gasteiger partial charge in [-0.2, -0.15) is 0 Å². The van der Waals surface area contributed by atoms with E-state index in [-0.39, 0.29) is 5.78 Å². The van der Waals surface area contributed by atoms with Crippen LogP contribution in [0.15, 0.2) is 53.6 Å². The van der Waals surface area contributed by atoms with Crippen molar-refractivity contribution in [1.82, 2.24) is 0 Å². The van der Waals surface area contributed by atoms with Gasteiger partial charge in [-0.3, -0.25) is 4.79 Å². The zero-order valence-electron chi connectivity index (χ0n) is 8.49. The van der Waals surface area contributed by atoms with Gasteiger partial charge in [0.05, 0.1) is 0 Å². The maximum absolute atomic E-state index is 12.2. The predicted octanol–water partition coefficient (Wildman–Crippen LogP) is 3.93. The van der Waals surface area contributed by atoms with Gasteiger partial charge in [-0.15, -0.1) is 11.6 Å². The Morgan fingerprint density at radius 3 is 2.56 bits per heavy atom. The summed E-state index contributed by atoms with van der Waals surface area (Å²) in [4.78, 5) is 11.2. The third-order valence-electron chi connectivity index (χ3n) is 2.47. The third-order valence-corrected chi connectivity index (χ3v) is 3.14. The molecule has 1 nitrogen and oxygen atoms in total. The molecule has 1 atom stereocenters. The molecule has 0 N–H and O–H groups in total. The van der Waals surface area contributed by atoms with Crippen LogP contribution < -0.4 is 0 Å². The molecule has 0 bridgehead atoms. The van der Waals surface area contributed by atoms with Crippen LogP contribution >= 0.6 is 23.2 Å². The van der Waals surface area contributed by atoms with Crippen LogP contribution in [0.25, 0.3) is 0 Å². The molecule has 0 fully saturated rings. The van der Waals surface area contributed by atoms with Crippen LogP contribution in [-0.2, 0) is 0 Å². The van der Waals surface area contributed by atoms with Gasteiger partial charge in [-0.1, -0.05) is 48.0 Å². The molecule has 0 saturated carbocycles. The summed E-state index contributed by atoms with van der Waals surface area (Å²) in [6.07, 6.45) is 5.64. The second kappa shape index (κ2) is 4.44. The summed E-state index contributed by atoms with van der Waals surface area (Å²) in [5.41, 5.74) is 0.605. The highest BCUT2D eigenvalue weighted by atomic mass is 35.5. The number of benzene rings is 1. The number of halogens is 2. The molecule has 0 aromatic heterocycles. The second-order valence-electron chi connectivity index (χ2n) is 3.69. The molecule has 0 saturated heterocycles. The van der Waals surface area contributed by atoms with Crippen LogP contribution in [0.2, 0.25) is 0 Å². The summed E-state index contributed by atoms with van der Waals surface area (Å²) in [5, 5.41) is 0.505. The molecule has 1 aromatic rings. The largest absolute Gasteiger partial charge is 0.292 e. The van der Waals surface area contributed by atoms with Gasteiger partial charge in [-0.05, 0) is 18.6 Å². The summed E-state index contributed by atoms with van der Waals surface area (Å²) in [7, 11) is 0. The zero-order chi connectivity index (χ0) is 11.6. The van der Waals surface area contributed by atoms with Crippen molar-refractivity contribution in [3.8, 4) is 0 Å². The lowest BCUT2D eigenvalue weighted by Gasteiger charge is -2.23. The molecular formula is C13H10Cl2O. The van der Waals surface area contributed by atoms with E-state index in [0.29, 0.717) is 17.0 Å². The molecule has 3 heteroatoms. The second-order valence-corrected chi connectivity index (χ2v) is 4.80. The van der Waals surface area contributed by atoms with Crippen LogP contribution in [0.5, 0.6) is 0 Å². The monoisotopic (exact) mass is 252 g/mol. The normalized spacial score (nSPS) is 24.0. The van der Waals surface area contributed by atoms with E-state index in [4.69, 9.17) is 23.2 Å². The SMILES string of the molecule is O=C(c1ccccc1)C1(Cl)C=C(Cl)C=CC1. The molecule has 0 amide bonds. The van der Waals surface area contributed by atoms with Crippen molar-refractivity contribution in [2.45, 2.75) is 11.3 Å². The Morgan fingerprint density at radius 2 is 1.94 bits per heavy atom. The first kappa shape index (κ1) is 11.4. The van der Waals surface area contributed by atoms with Gasteiger partial charge in [0, 0.05) is 10.6 Å². The van der Waals surface area contributed by atoms with Crippen molar-refractivity contribution < 1.29 is 4.79 Å². The number of alkyl halides is 1. The molecule has 16 heavy (non-hydrogen) atoms. The quantitative estimate of drug-likeness (QED) is 0.576. The minimum absolute atomic E-state index is 0.114. The van der Waals surface area contributed by atoms with Crippen LogP contribution in [0.4, 0.5) is 0 Å². The number of hydrogen-bond acceptors (Lipinski definition) is 1. The van der Waals surface area contributed by atoms with E-state index in [1.807, 2.05) is 24.3 Å². The van der Waals surface area contributed by atoms with E-state index in [1.165, 1.54) is 0 Å². The van der Waals surface area contributed by atoms with Gasteiger partial charge in [0.2, 0.25) is 0 Å². The maximum Gasteiger partial charge on any atom is 0.187 e. The Balaban J connectivity index is 2.33. The van der Waals surface area contributed by atoms with E-state index in [1.54, 1.807) is 24.3 Å². The molecule has 1 aromatic carbocycles. The predicted molar refractivity (Wildman–Crippen MR) is 67.0 cm³/mol. The number of rotatable bonds is 2. The van der Waals surface area contributed by atoms with E-state index in [0.717, 1.165) is 0 Å². The van der Waals surface area contributed by atoms with Crippen LogP contribution in [0, 0.1) is 0 Å². The summed E-state index contributed by atoms with van der Waals surface area (Å²) >= 11 is 12.2. The highest BCUT2D eigenvalue weighted by molar-refractivity contribution is 6.41. The Labute approximate surface area is 104 Å². The maximum atomic E-state index is 12.2. The third kappa shape index (κ3) is 2.21. The van der Waals surface area contributed by atoms with Crippen LogP contribution in [0.3, 0.4) is 0 Å². The first-order valence-corrected chi connectivity index (χ1v) is 5.71. The Morgan fingerprint density at radius 1 is 1.25 bits per heavy atom. The average Bonchev–Trinajstić information content (AvgIpc) is 2.29. The summed E-state index contributed by atoms with van der Waals surface area (Å²) in [6.45, 7) is 0. The fourth-order valence-electron chi connectivity index (χ4n) is 1.66. The van der Waals surface area contributed by atoms with Crippen molar-refractivity contribution in [2.75, 3.05) is 0 Å². The lowest BCUT2D eigenvalue weighted by atomic mass is 9.91. The van der Waals surface area contributed by atoms with E-state index >= 15 is 0 Å². The summed E-state index contributed by atoms with van der Waals surface area (Å²) < 4.78 is 0. The highest BCUT2D eigenvalue weighted by Crippen LogP contribution is 2.32. The fourth-order valence-corrected chi connectivity index (χ4v) is 2.30. The molecule has 0 aliphatic heterocycles. The number of allylic oxidation sites excluding steroid dienone is 4. The minimum Gasteiger partial charge on any atom is -0.292 e. The number of carbonyl (C=O) groups excluding carboxylic acids is 1. The van der Waals surface area contributed by atoms with Crippen molar-refractivity contribution in [1.29, 1.82) is 0 Å². The van der Waals surface area contributed by atoms with Crippen LogP contribution in [0.1, 0.15) is 16.8 Å². The number of Topliss-reactive ketones (excluding diaryl/α,β-unsaturated/α-hetero) is 1. The number of hydrogen-bond donors (Lipinski definition) is 0. The van der Waals surface area contributed by atoms with Crippen molar-refractivity contribution in [3.63, 3.8) is 0 Å². The first-order chi connectivity index (χ1) is 7.62. The molecule has 0 spiro atoms. The van der Waals surface area contributed by atoms with Gasteiger partial charge in [0.15, 0.2) is 5.78 Å². The fraction of sp³-hybridized carbons (Fsp3) is 0.154.